The summed E-state index contributed by atoms with van der Waals surface area (Å²) in [5.74, 6) is 1.02. The molecule has 4 unspecified atom stereocenters. The van der Waals surface area contributed by atoms with Crippen molar-refractivity contribution in [1.29, 1.82) is 0 Å². The molecule has 0 heterocycles. The first-order valence-corrected chi connectivity index (χ1v) is 7.42. The van der Waals surface area contributed by atoms with E-state index in [2.05, 4.69) is 13.8 Å². The molecule has 3 aliphatic rings. The summed E-state index contributed by atoms with van der Waals surface area (Å²) in [6.45, 7) is 4.41. The molecule has 0 aromatic carbocycles. The van der Waals surface area contributed by atoms with Gasteiger partial charge in [-0.25, -0.2) is 0 Å². The van der Waals surface area contributed by atoms with Gasteiger partial charge in [0.1, 0.15) is 8.67 Å². The lowest BCUT2D eigenvalue weighted by Crippen LogP contribution is -2.24. The third-order valence-corrected chi connectivity index (χ3v) is 8.14. The lowest BCUT2D eigenvalue weighted by Gasteiger charge is -2.30. The fourth-order valence-corrected chi connectivity index (χ4v) is 5.61. The number of hydrogen-bond donors (Lipinski definition) is 0. The molecule has 4 heteroatoms. The molecule has 4 atom stereocenters. The molecule has 0 amide bonds. The highest BCUT2D eigenvalue weighted by Gasteiger charge is 2.77. The fourth-order valence-electron chi connectivity index (χ4n) is 3.74. The van der Waals surface area contributed by atoms with Crippen molar-refractivity contribution in [2.75, 3.05) is 0 Å². The molecule has 0 aliphatic heterocycles. The summed E-state index contributed by atoms with van der Waals surface area (Å²) in [5, 5.41) is 0. The molecule has 0 aromatic heterocycles. The van der Waals surface area contributed by atoms with Gasteiger partial charge < -0.3 is 0 Å². The lowest BCUT2D eigenvalue weighted by atomic mass is 9.75. The quantitative estimate of drug-likeness (QED) is 0.585. The Bertz CT molecular complexity index is 351. The molecule has 0 nitrogen and oxygen atoms in total. The first-order chi connectivity index (χ1) is 7.15. The van der Waals surface area contributed by atoms with Crippen molar-refractivity contribution in [2.24, 2.45) is 22.7 Å². The van der Waals surface area contributed by atoms with E-state index < -0.39 is 8.67 Å². The van der Waals surface area contributed by atoms with Gasteiger partial charge in [-0.2, -0.15) is 0 Å². The Balaban J connectivity index is 1.76. The largest absolute Gasteiger partial charge is 0.127 e. The third kappa shape index (κ3) is 1.26. The Kier molecular flexibility index (Phi) is 2.29. The zero-order valence-electron chi connectivity index (χ0n) is 9.49. The Labute approximate surface area is 117 Å². The maximum atomic E-state index is 6.36. The zero-order chi connectivity index (χ0) is 12.0. The molecule has 92 valence electrons. The van der Waals surface area contributed by atoms with Crippen LogP contribution in [0.25, 0.3) is 0 Å². The van der Waals surface area contributed by atoms with Crippen LogP contribution in [0.1, 0.15) is 39.5 Å². The van der Waals surface area contributed by atoms with Crippen LogP contribution >= 0.6 is 46.4 Å². The van der Waals surface area contributed by atoms with E-state index in [4.69, 9.17) is 46.4 Å². The van der Waals surface area contributed by atoms with Crippen molar-refractivity contribution in [2.45, 2.75) is 48.2 Å². The van der Waals surface area contributed by atoms with Gasteiger partial charge in [0.15, 0.2) is 0 Å². The number of fused-ring (bicyclic) bond motifs is 1. The first-order valence-electron chi connectivity index (χ1n) is 5.91. The second-order valence-corrected chi connectivity index (χ2v) is 9.23. The third-order valence-electron chi connectivity index (χ3n) is 5.62. The van der Waals surface area contributed by atoms with E-state index in [1.54, 1.807) is 0 Å². The standard InChI is InChI=1S/C12H16Cl4/c1-9-4-3-7(5-8(9)12(9,15)16)10(2)6-11(10,13)14/h7-8H,3-6H2,1-2H3. The van der Waals surface area contributed by atoms with Gasteiger partial charge in [0, 0.05) is 16.7 Å². The smallest absolute Gasteiger partial charge is 0.101 e. The molecule has 0 aromatic rings. The normalized spacial score (nSPS) is 56.6. The molecular weight excluding hydrogens is 286 g/mol. The van der Waals surface area contributed by atoms with Crippen LogP contribution in [0.15, 0.2) is 0 Å². The minimum atomic E-state index is -0.512. The summed E-state index contributed by atoms with van der Waals surface area (Å²) >= 11 is 25.2. The van der Waals surface area contributed by atoms with Gasteiger partial charge in [-0.15, -0.1) is 46.4 Å². The highest BCUT2D eigenvalue weighted by Crippen LogP contribution is 2.79. The Hall–Kier alpha value is 1.16. The summed E-state index contributed by atoms with van der Waals surface area (Å²) in [6.07, 6.45) is 4.26. The van der Waals surface area contributed by atoms with Gasteiger partial charge in [0.05, 0.1) is 0 Å². The highest BCUT2D eigenvalue weighted by atomic mass is 35.5. The van der Waals surface area contributed by atoms with E-state index in [1.165, 1.54) is 0 Å². The van der Waals surface area contributed by atoms with Crippen LogP contribution in [0.3, 0.4) is 0 Å². The SMILES string of the molecule is CC1(C2CCC3(C)C(C2)C3(Cl)Cl)CC1(Cl)Cl. The van der Waals surface area contributed by atoms with E-state index in [9.17, 15) is 0 Å². The molecular formula is C12H16Cl4. The fraction of sp³-hybridized carbons (Fsp3) is 1.00. The molecule has 0 bridgehead atoms. The molecule has 0 saturated heterocycles. The molecule has 0 radical (unpaired) electrons. The summed E-state index contributed by atoms with van der Waals surface area (Å²) in [7, 11) is 0. The van der Waals surface area contributed by atoms with Crippen LogP contribution in [-0.4, -0.2) is 8.67 Å². The van der Waals surface area contributed by atoms with Crippen molar-refractivity contribution in [1.82, 2.24) is 0 Å². The molecule has 0 spiro atoms. The van der Waals surface area contributed by atoms with Crippen molar-refractivity contribution >= 4 is 46.4 Å². The van der Waals surface area contributed by atoms with Gasteiger partial charge >= 0.3 is 0 Å². The van der Waals surface area contributed by atoms with Gasteiger partial charge in [0.25, 0.3) is 0 Å². The van der Waals surface area contributed by atoms with Gasteiger partial charge in [-0.3, -0.25) is 0 Å². The number of alkyl halides is 4. The average Bonchev–Trinajstić information content (AvgIpc) is 2.83. The molecule has 3 fully saturated rings. The Morgan fingerprint density at radius 3 is 2.00 bits per heavy atom. The second kappa shape index (κ2) is 3.00. The number of rotatable bonds is 1. The summed E-state index contributed by atoms with van der Waals surface area (Å²) in [6, 6.07) is 0. The zero-order valence-corrected chi connectivity index (χ0v) is 12.5. The highest BCUT2D eigenvalue weighted by molar-refractivity contribution is 6.52. The predicted molar refractivity (Wildman–Crippen MR) is 70.5 cm³/mol. The summed E-state index contributed by atoms with van der Waals surface area (Å²) in [4.78, 5) is 0. The van der Waals surface area contributed by atoms with Crippen LogP contribution in [0.5, 0.6) is 0 Å². The van der Waals surface area contributed by atoms with Crippen LogP contribution in [0, 0.1) is 22.7 Å². The lowest BCUT2D eigenvalue weighted by molar-refractivity contribution is 0.200. The summed E-state index contributed by atoms with van der Waals surface area (Å²) < 4.78 is -1.02. The minimum Gasteiger partial charge on any atom is -0.101 e. The molecule has 0 N–H and O–H groups in total. The molecule has 3 aliphatic carbocycles. The maximum Gasteiger partial charge on any atom is 0.127 e. The van der Waals surface area contributed by atoms with Gasteiger partial charge in [0.2, 0.25) is 0 Å². The van der Waals surface area contributed by atoms with Gasteiger partial charge in [-0.05, 0) is 31.6 Å². The van der Waals surface area contributed by atoms with Crippen molar-refractivity contribution in [3.8, 4) is 0 Å². The van der Waals surface area contributed by atoms with Crippen LogP contribution in [0.4, 0.5) is 0 Å². The van der Waals surface area contributed by atoms with E-state index in [-0.39, 0.29) is 10.8 Å². The maximum absolute atomic E-state index is 6.36. The van der Waals surface area contributed by atoms with E-state index in [0.29, 0.717) is 11.8 Å². The number of halogens is 4. The van der Waals surface area contributed by atoms with Crippen LogP contribution < -0.4 is 0 Å². The predicted octanol–water partition coefficient (Wildman–Crippen LogP) is 5.18. The van der Waals surface area contributed by atoms with E-state index in [0.717, 1.165) is 25.7 Å². The monoisotopic (exact) mass is 300 g/mol. The molecule has 3 rings (SSSR count). The van der Waals surface area contributed by atoms with Crippen LogP contribution in [0.2, 0.25) is 0 Å². The van der Waals surface area contributed by atoms with Crippen molar-refractivity contribution in [3.63, 3.8) is 0 Å². The first kappa shape index (κ1) is 12.2. The Morgan fingerprint density at radius 1 is 1.00 bits per heavy atom. The topological polar surface area (TPSA) is 0 Å². The Morgan fingerprint density at radius 2 is 1.56 bits per heavy atom. The molecule has 3 saturated carbocycles. The van der Waals surface area contributed by atoms with Crippen molar-refractivity contribution < 1.29 is 0 Å². The second-order valence-electron chi connectivity index (χ2n) is 6.36. The summed E-state index contributed by atoms with van der Waals surface area (Å²) in [5.41, 5.74) is 0.225. The van der Waals surface area contributed by atoms with Crippen LogP contribution in [-0.2, 0) is 0 Å². The van der Waals surface area contributed by atoms with Crippen molar-refractivity contribution in [3.05, 3.63) is 0 Å². The number of hydrogen-bond acceptors (Lipinski definition) is 0. The minimum absolute atomic E-state index is 0.0872. The van der Waals surface area contributed by atoms with E-state index >= 15 is 0 Å². The molecule has 16 heavy (non-hydrogen) atoms. The van der Waals surface area contributed by atoms with E-state index in [1.807, 2.05) is 0 Å². The average molecular weight is 302 g/mol. The van der Waals surface area contributed by atoms with Gasteiger partial charge in [-0.1, -0.05) is 13.8 Å².